The summed E-state index contributed by atoms with van der Waals surface area (Å²) in [5.74, 6) is 0.0126. The molecule has 1 unspecified atom stereocenters. The van der Waals surface area contributed by atoms with Gasteiger partial charge in [0.2, 0.25) is 5.54 Å². The summed E-state index contributed by atoms with van der Waals surface area (Å²) < 4.78 is 6.98. The molecule has 0 N–H and O–H groups in total. The molecular weight excluding hydrogens is 342 g/mol. The van der Waals surface area contributed by atoms with E-state index in [4.69, 9.17) is 4.74 Å². The number of carbonyl (C=O) groups is 1. The number of hydrogen-bond donors (Lipinski definition) is 0. The van der Waals surface area contributed by atoms with Crippen LogP contribution in [0.1, 0.15) is 25.0 Å². The number of fused-ring (bicyclic) bond motifs is 3. The maximum Gasteiger partial charge on any atom is 0.340 e. The Morgan fingerprint density at radius 3 is 2.85 bits per heavy atom. The topological polar surface area (TPSA) is 83.5 Å². The number of nitriles is 1. The third kappa shape index (κ3) is 2.45. The van der Waals surface area contributed by atoms with Crippen LogP contribution in [-0.4, -0.2) is 40.0 Å². The summed E-state index contributed by atoms with van der Waals surface area (Å²) in [4.78, 5) is 19.7. The van der Waals surface area contributed by atoms with Crippen molar-refractivity contribution >= 4 is 18.0 Å². The van der Waals surface area contributed by atoms with Crippen LogP contribution in [-0.2, 0) is 21.6 Å². The number of aromatic nitrogens is 2. The van der Waals surface area contributed by atoms with Gasteiger partial charge in [-0.05, 0) is 19.4 Å². The smallest absolute Gasteiger partial charge is 0.340 e. The first-order chi connectivity index (χ1) is 13.1. The van der Waals surface area contributed by atoms with Gasteiger partial charge < -0.3 is 9.64 Å². The minimum Gasteiger partial charge on any atom is -0.464 e. The van der Waals surface area contributed by atoms with Crippen molar-refractivity contribution in [2.45, 2.75) is 25.9 Å². The number of aliphatic imine (C=N–C) groups is 1. The first kappa shape index (κ1) is 17.0. The van der Waals surface area contributed by atoms with Crippen molar-refractivity contribution in [2.75, 3.05) is 13.2 Å². The van der Waals surface area contributed by atoms with Crippen molar-refractivity contribution in [1.82, 2.24) is 14.7 Å². The number of benzene rings is 1. The normalized spacial score (nSPS) is 20.3. The minimum absolute atomic E-state index is 0.268. The molecular formula is C20H19N5O2. The van der Waals surface area contributed by atoms with Gasteiger partial charge in [-0.3, -0.25) is 0 Å². The van der Waals surface area contributed by atoms with E-state index < -0.39 is 5.54 Å². The number of hydrogen-bond acceptors (Lipinski definition) is 6. The lowest BCUT2D eigenvalue weighted by atomic mass is 9.90. The van der Waals surface area contributed by atoms with Gasteiger partial charge in [-0.25, -0.2) is 14.5 Å². The van der Waals surface area contributed by atoms with Crippen molar-refractivity contribution < 1.29 is 9.53 Å². The van der Waals surface area contributed by atoms with Gasteiger partial charge in [-0.2, -0.15) is 10.4 Å². The maximum atomic E-state index is 13.1. The molecule has 7 nitrogen and oxygen atoms in total. The van der Waals surface area contributed by atoms with E-state index in [1.54, 1.807) is 17.8 Å². The molecule has 27 heavy (non-hydrogen) atoms. The second kappa shape index (κ2) is 6.40. The van der Waals surface area contributed by atoms with Crippen LogP contribution in [0.3, 0.4) is 0 Å². The van der Waals surface area contributed by atoms with Crippen molar-refractivity contribution in [3.8, 4) is 6.07 Å². The molecule has 136 valence electrons. The second-order valence-corrected chi connectivity index (χ2v) is 6.59. The molecule has 1 atom stereocenters. The highest BCUT2D eigenvalue weighted by Gasteiger charge is 2.55. The molecule has 2 aliphatic rings. The fourth-order valence-electron chi connectivity index (χ4n) is 3.77. The molecule has 1 aromatic carbocycles. The highest BCUT2D eigenvalue weighted by Crippen LogP contribution is 2.44. The molecule has 0 bridgehead atoms. The van der Waals surface area contributed by atoms with Gasteiger partial charge in [0, 0.05) is 24.0 Å². The quantitative estimate of drug-likeness (QED) is 0.782. The zero-order valence-electron chi connectivity index (χ0n) is 15.2. The lowest BCUT2D eigenvalue weighted by Gasteiger charge is -2.32. The molecule has 0 amide bonds. The molecule has 1 aromatic heterocycles. The van der Waals surface area contributed by atoms with Crippen LogP contribution in [0.5, 0.6) is 0 Å². The van der Waals surface area contributed by atoms with Gasteiger partial charge in [-0.15, -0.1) is 0 Å². The summed E-state index contributed by atoms with van der Waals surface area (Å²) in [5, 5.41) is 13.7. The van der Waals surface area contributed by atoms with Crippen LogP contribution in [0, 0.1) is 11.3 Å². The third-order valence-corrected chi connectivity index (χ3v) is 5.10. The molecule has 2 aromatic rings. The van der Waals surface area contributed by atoms with Gasteiger partial charge in [0.25, 0.3) is 0 Å². The zero-order chi connectivity index (χ0) is 19.0. The number of nitrogens with zero attached hydrogens (tertiary/aromatic N) is 5. The van der Waals surface area contributed by atoms with Crippen molar-refractivity contribution in [3.63, 3.8) is 0 Å². The summed E-state index contributed by atoms with van der Waals surface area (Å²) >= 11 is 0. The SMILES string of the molecule is CCOC(=O)C12CN(Cc3ccccc3)C(C)=C1C=Nc1c(C#N)cnn12. The summed E-state index contributed by atoms with van der Waals surface area (Å²) in [6.45, 7) is 5.07. The number of carbonyl (C=O) groups excluding carboxylic acids is 1. The average Bonchev–Trinajstić information content (AvgIpc) is 3.23. The molecule has 4 rings (SSSR count). The standard InChI is InChI=1S/C20H19N5O2/c1-3-27-19(26)20-13-24(12-15-7-5-4-6-8-15)14(2)17(20)11-22-18-16(9-21)10-23-25(18)20/h4-8,10-11H,3,12-13H2,1-2H3. The second-order valence-electron chi connectivity index (χ2n) is 6.59. The number of rotatable bonds is 4. The predicted molar refractivity (Wildman–Crippen MR) is 99.3 cm³/mol. The Hall–Kier alpha value is -3.40. The van der Waals surface area contributed by atoms with E-state index in [0.29, 0.717) is 24.5 Å². The Bertz CT molecular complexity index is 999. The highest BCUT2D eigenvalue weighted by molar-refractivity contribution is 5.99. The Labute approximate surface area is 157 Å². The highest BCUT2D eigenvalue weighted by atomic mass is 16.5. The first-order valence-corrected chi connectivity index (χ1v) is 8.82. The van der Waals surface area contributed by atoms with Gasteiger partial charge >= 0.3 is 5.97 Å². The van der Waals surface area contributed by atoms with Crippen LogP contribution in [0.25, 0.3) is 0 Å². The molecule has 0 saturated heterocycles. The van der Waals surface area contributed by atoms with Crippen LogP contribution >= 0.6 is 0 Å². The first-order valence-electron chi connectivity index (χ1n) is 8.82. The molecule has 0 spiro atoms. The maximum absolute atomic E-state index is 13.1. The van der Waals surface area contributed by atoms with Crippen molar-refractivity contribution in [1.29, 1.82) is 5.26 Å². The Morgan fingerprint density at radius 2 is 2.15 bits per heavy atom. The lowest BCUT2D eigenvalue weighted by molar-refractivity contribution is -0.152. The zero-order valence-corrected chi connectivity index (χ0v) is 15.2. The van der Waals surface area contributed by atoms with E-state index in [9.17, 15) is 10.1 Å². The molecule has 0 aliphatic carbocycles. The largest absolute Gasteiger partial charge is 0.464 e. The Morgan fingerprint density at radius 1 is 1.37 bits per heavy atom. The van der Waals surface area contributed by atoms with Gasteiger partial charge in [0.1, 0.15) is 11.6 Å². The number of ether oxygens (including phenoxy) is 1. The van der Waals surface area contributed by atoms with Crippen molar-refractivity contribution in [3.05, 3.63) is 58.9 Å². The van der Waals surface area contributed by atoms with E-state index in [1.165, 1.54) is 6.20 Å². The average molecular weight is 361 g/mol. The Kier molecular flexibility index (Phi) is 4.04. The molecule has 2 aliphatic heterocycles. The van der Waals surface area contributed by atoms with E-state index in [0.717, 1.165) is 16.8 Å². The monoisotopic (exact) mass is 361 g/mol. The van der Waals surface area contributed by atoms with Crippen LogP contribution in [0.4, 0.5) is 5.82 Å². The van der Waals surface area contributed by atoms with Gasteiger partial charge in [0.05, 0.1) is 19.3 Å². The molecule has 0 saturated carbocycles. The summed E-state index contributed by atoms with van der Waals surface area (Å²) in [7, 11) is 0. The van der Waals surface area contributed by atoms with Crippen LogP contribution in [0.2, 0.25) is 0 Å². The van der Waals surface area contributed by atoms with E-state index in [1.807, 2.05) is 25.1 Å². The summed E-state index contributed by atoms with van der Waals surface area (Å²) in [6, 6.07) is 12.2. The molecule has 0 radical (unpaired) electrons. The lowest BCUT2D eigenvalue weighted by Crippen LogP contribution is -2.50. The molecule has 0 fully saturated rings. The Balaban J connectivity index is 1.82. The number of esters is 1. The van der Waals surface area contributed by atoms with E-state index in [-0.39, 0.29) is 12.6 Å². The summed E-state index contributed by atoms with van der Waals surface area (Å²) in [5.41, 5.74) is 2.08. The fraction of sp³-hybridized carbons (Fsp3) is 0.300. The van der Waals surface area contributed by atoms with Crippen molar-refractivity contribution in [2.24, 2.45) is 4.99 Å². The van der Waals surface area contributed by atoms with Crippen LogP contribution < -0.4 is 0 Å². The third-order valence-electron chi connectivity index (χ3n) is 5.10. The van der Waals surface area contributed by atoms with E-state index >= 15 is 0 Å². The predicted octanol–water partition coefficient (Wildman–Crippen LogP) is 2.52. The van der Waals surface area contributed by atoms with E-state index in [2.05, 4.69) is 33.2 Å². The fourth-order valence-corrected chi connectivity index (χ4v) is 3.77. The molecule has 3 heterocycles. The van der Waals surface area contributed by atoms with Gasteiger partial charge in [-0.1, -0.05) is 30.3 Å². The van der Waals surface area contributed by atoms with Gasteiger partial charge in [0.15, 0.2) is 5.82 Å². The number of allylic oxidation sites excluding steroid dienone is 1. The molecule has 7 heteroatoms. The van der Waals surface area contributed by atoms with Crippen LogP contribution in [0.15, 0.2) is 52.8 Å². The minimum atomic E-state index is -1.12. The summed E-state index contributed by atoms with van der Waals surface area (Å²) in [6.07, 6.45) is 3.13.